The number of carbonyl (C=O) groups excluding carboxylic acids is 2. The Labute approximate surface area is 182 Å². The van der Waals surface area contributed by atoms with Crippen molar-refractivity contribution < 1.29 is 14.7 Å². The molecule has 1 atom stereocenters. The highest BCUT2D eigenvalue weighted by Gasteiger charge is 2.45. The summed E-state index contributed by atoms with van der Waals surface area (Å²) in [5.41, 5.74) is 1.39. The van der Waals surface area contributed by atoms with Gasteiger partial charge in [-0.15, -0.1) is 0 Å². The number of aromatic nitrogens is 2. The number of rotatable bonds is 6. The Morgan fingerprint density at radius 3 is 2.57 bits per heavy atom. The van der Waals surface area contributed by atoms with Gasteiger partial charge < -0.3 is 14.6 Å². The molecule has 30 heavy (non-hydrogen) atoms. The van der Waals surface area contributed by atoms with Crippen molar-refractivity contribution in [3.05, 3.63) is 94.5 Å². The third-order valence-corrected chi connectivity index (χ3v) is 5.62. The second-order valence-corrected chi connectivity index (χ2v) is 7.98. The van der Waals surface area contributed by atoms with Crippen LogP contribution in [0.3, 0.4) is 0 Å². The van der Waals surface area contributed by atoms with Crippen molar-refractivity contribution in [1.29, 1.82) is 0 Å². The van der Waals surface area contributed by atoms with Crippen LogP contribution in [0.5, 0.6) is 0 Å². The minimum atomic E-state index is -0.663. The number of likely N-dealkylation sites (tertiary alicyclic amines) is 1. The zero-order valence-corrected chi connectivity index (χ0v) is 17.7. The maximum Gasteiger partial charge on any atom is 0.295 e. The highest BCUT2D eigenvalue weighted by molar-refractivity contribution is 9.10. The van der Waals surface area contributed by atoms with E-state index in [0.29, 0.717) is 25.1 Å². The number of hydrogen-bond donors (Lipinski definition) is 1. The van der Waals surface area contributed by atoms with Gasteiger partial charge in [-0.05, 0) is 24.1 Å². The number of aliphatic hydroxyl groups is 1. The minimum Gasteiger partial charge on any atom is -0.507 e. The summed E-state index contributed by atoms with van der Waals surface area (Å²) in [7, 11) is 0. The molecule has 1 aliphatic rings. The second-order valence-electron chi connectivity index (χ2n) is 7.07. The Morgan fingerprint density at radius 1 is 1.07 bits per heavy atom. The second kappa shape index (κ2) is 8.67. The number of amides is 1. The van der Waals surface area contributed by atoms with Crippen LogP contribution in [-0.4, -0.2) is 37.8 Å². The number of ketones is 1. The smallest absolute Gasteiger partial charge is 0.295 e. The molecule has 152 valence electrons. The lowest BCUT2D eigenvalue weighted by Crippen LogP contribution is -2.31. The summed E-state index contributed by atoms with van der Waals surface area (Å²) >= 11 is 3.46. The van der Waals surface area contributed by atoms with Crippen molar-refractivity contribution in [3.8, 4) is 0 Å². The predicted octanol–water partition coefficient (Wildman–Crippen LogP) is 4.16. The average molecular weight is 466 g/mol. The van der Waals surface area contributed by atoms with Crippen LogP contribution in [0, 0.1) is 0 Å². The van der Waals surface area contributed by atoms with Crippen molar-refractivity contribution in [2.24, 2.45) is 0 Å². The van der Waals surface area contributed by atoms with Gasteiger partial charge in [0.25, 0.3) is 11.7 Å². The molecule has 1 amide bonds. The maximum atomic E-state index is 13.0. The molecular weight excluding hydrogens is 446 g/mol. The lowest BCUT2D eigenvalue weighted by atomic mass is 9.95. The van der Waals surface area contributed by atoms with E-state index in [4.69, 9.17) is 0 Å². The first-order chi connectivity index (χ1) is 14.6. The van der Waals surface area contributed by atoms with E-state index < -0.39 is 17.7 Å². The van der Waals surface area contributed by atoms with Gasteiger partial charge in [0.1, 0.15) is 5.76 Å². The van der Waals surface area contributed by atoms with Gasteiger partial charge in [-0.1, -0.05) is 58.4 Å². The summed E-state index contributed by atoms with van der Waals surface area (Å²) in [6.45, 7) is 1.05. The summed E-state index contributed by atoms with van der Waals surface area (Å²) in [6.07, 6.45) is 5.93. The van der Waals surface area contributed by atoms with Gasteiger partial charge in [0.2, 0.25) is 0 Å². The molecule has 1 aromatic heterocycles. The Morgan fingerprint density at radius 2 is 1.87 bits per heavy atom. The zero-order chi connectivity index (χ0) is 21.1. The number of Topliss-reactive ketones (excluding diaryl/α,β-unsaturated/α-hetero) is 1. The van der Waals surface area contributed by atoms with E-state index in [1.807, 2.05) is 41.1 Å². The molecule has 2 heterocycles. The van der Waals surface area contributed by atoms with Crippen LogP contribution >= 0.6 is 15.9 Å². The number of imidazole rings is 1. The van der Waals surface area contributed by atoms with Crippen LogP contribution in [0.15, 0.2) is 83.4 Å². The summed E-state index contributed by atoms with van der Waals surface area (Å²) in [6, 6.07) is 15.7. The first-order valence-electron chi connectivity index (χ1n) is 9.61. The average Bonchev–Trinajstić information content (AvgIpc) is 3.36. The molecular formula is C23H20BrN3O3. The maximum absolute atomic E-state index is 13.0. The molecule has 1 fully saturated rings. The van der Waals surface area contributed by atoms with Crippen molar-refractivity contribution in [2.75, 3.05) is 6.54 Å². The quantitative estimate of drug-likeness (QED) is 0.337. The number of benzene rings is 2. The number of aliphatic hydroxyl groups excluding tert-OH is 1. The summed E-state index contributed by atoms with van der Waals surface area (Å²) in [4.78, 5) is 31.4. The molecule has 0 saturated carbocycles. The topological polar surface area (TPSA) is 75.4 Å². The molecule has 6 nitrogen and oxygen atoms in total. The fourth-order valence-corrected chi connectivity index (χ4v) is 4.14. The van der Waals surface area contributed by atoms with Crippen molar-refractivity contribution in [3.63, 3.8) is 0 Å². The van der Waals surface area contributed by atoms with Crippen molar-refractivity contribution >= 4 is 33.4 Å². The molecule has 3 aromatic rings. The van der Waals surface area contributed by atoms with Gasteiger partial charge in [0.05, 0.1) is 17.9 Å². The largest absolute Gasteiger partial charge is 0.507 e. The lowest BCUT2D eigenvalue weighted by Gasteiger charge is -2.25. The monoisotopic (exact) mass is 465 g/mol. The minimum absolute atomic E-state index is 0.118. The molecule has 0 spiro atoms. The number of carbonyl (C=O) groups is 2. The molecule has 7 heteroatoms. The van der Waals surface area contributed by atoms with E-state index in [2.05, 4.69) is 20.9 Å². The Kier molecular flexibility index (Phi) is 5.81. The fourth-order valence-electron chi connectivity index (χ4n) is 3.73. The van der Waals surface area contributed by atoms with Crippen LogP contribution < -0.4 is 0 Å². The molecule has 1 aliphatic heterocycles. The van der Waals surface area contributed by atoms with E-state index in [-0.39, 0.29) is 11.3 Å². The third-order valence-electron chi connectivity index (χ3n) is 5.13. The Balaban J connectivity index is 1.73. The normalized spacial score (nSPS) is 18.2. The van der Waals surface area contributed by atoms with Gasteiger partial charge in [0, 0.05) is 35.5 Å². The third kappa shape index (κ3) is 3.93. The van der Waals surface area contributed by atoms with Crippen molar-refractivity contribution in [1.82, 2.24) is 14.5 Å². The number of aryl methyl sites for hydroxylation is 1. The molecule has 2 aromatic carbocycles. The highest BCUT2D eigenvalue weighted by atomic mass is 79.9. The Bertz CT molecular complexity index is 1090. The lowest BCUT2D eigenvalue weighted by molar-refractivity contribution is -0.139. The van der Waals surface area contributed by atoms with Gasteiger partial charge in [-0.25, -0.2) is 4.98 Å². The van der Waals surface area contributed by atoms with Crippen LogP contribution in [-0.2, 0) is 16.1 Å². The first-order valence-corrected chi connectivity index (χ1v) is 10.4. The zero-order valence-electron chi connectivity index (χ0n) is 16.1. The standard InChI is InChI=1S/C23H20BrN3O3/c24-18-9-4-8-17(14-18)20-19(21(28)16-6-2-1-3-7-16)22(29)23(30)27(20)12-5-11-26-13-10-25-15-26/h1-4,6-10,13-15,20,28H,5,11-12H2/b21-19-. The molecule has 1 N–H and O–H groups in total. The van der Waals surface area contributed by atoms with Crippen LogP contribution in [0.4, 0.5) is 0 Å². The van der Waals surface area contributed by atoms with Gasteiger partial charge in [0.15, 0.2) is 0 Å². The van der Waals surface area contributed by atoms with Crippen LogP contribution in [0.25, 0.3) is 5.76 Å². The molecule has 4 rings (SSSR count). The number of nitrogens with zero attached hydrogens (tertiary/aromatic N) is 3. The predicted molar refractivity (Wildman–Crippen MR) is 116 cm³/mol. The molecule has 1 unspecified atom stereocenters. The number of halogens is 1. The summed E-state index contributed by atoms with van der Waals surface area (Å²) in [5.74, 6) is -1.41. The highest BCUT2D eigenvalue weighted by Crippen LogP contribution is 2.40. The number of hydrogen-bond acceptors (Lipinski definition) is 4. The van der Waals surface area contributed by atoms with Gasteiger partial charge in [-0.2, -0.15) is 0 Å². The molecule has 0 bridgehead atoms. The van der Waals surface area contributed by atoms with E-state index in [1.54, 1.807) is 41.7 Å². The Hall–Kier alpha value is -3.19. The van der Waals surface area contributed by atoms with Crippen LogP contribution in [0.1, 0.15) is 23.6 Å². The van der Waals surface area contributed by atoms with E-state index >= 15 is 0 Å². The van der Waals surface area contributed by atoms with Crippen molar-refractivity contribution in [2.45, 2.75) is 19.0 Å². The van der Waals surface area contributed by atoms with Crippen LogP contribution in [0.2, 0.25) is 0 Å². The SMILES string of the molecule is O=C1C(=O)N(CCCn2ccnc2)C(c2cccc(Br)c2)/C1=C(/O)c1ccccc1. The van der Waals surface area contributed by atoms with Gasteiger partial charge in [-0.3, -0.25) is 9.59 Å². The summed E-state index contributed by atoms with van der Waals surface area (Å²) < 4.78 is 2.76. The fraction of sp³-hybridized carbons (Fsp3) is 0.174. The van der Waals surface area contributed by atoms with Gasteiger partial charge >= 0.3 is 0 Å². The molecule has 1 saturated heterocycles. The molecule has 0 aliphatic carbocycles. The first kappa shape index (κ1) is 20.1. The van der Waals surface area contributed by atoms with E-state index in [0.717, 1.165) is 10.0 Å². The van der Waals surface area contributed by atoms with E-state index in [1.165, 1.54) is 0 Å². The van der Waals surface area contributed by atoms with E-state index in [9.17, 15) is 14.7 Å². The molecule has 0 radical (unpaired) electrons. The summed E-state index contributed by atoms with van der Waals surface area (Å²) in [5, 5.41) is 11.0.